The number of rotatable bonds is 10. The number of hydrogen-bond acceptors (Lipinski definition) is 8. The van der Waals surface area contributed by atoms with Gasteiger partial charge >= 0.3 is 0 Å². The molecule has 0 bridgehead atoms. The first-order chi connectivity index (χ1) is 21.2. The predicted octanol–water partition coefficient (Wildman–Crippen LogP) is 4.73. The van der Waals surface area contributed by atoms with E-state index in [0.29, 0.717) is 42.4 Å². The predicted molar refractivity (Wildman–Crippen MR) is 158 cm³/mol. The Kier molecular flexibility index (Phi) is 8.11. The molecule has 228 valence electrons. The molecular weight excluding hydrogens is 572 g/mol. The Labute approximate surface area is 252 Å². The van der Waals surface area contributed by atoms with Gasteiger partial charge in [-0.1, -0.05) is 0 Å². The van der Waals surface area contributed by atoms with Crippen molar-refractivity contribution in [2.75, 3.05) is 37.8 Å². The number of nitrogens with two attached hydrogens (primary N) is 1. The molecule has 4 aromatic rings. The van der Waals surface area contributed by atoms with E-state index in [1.807, 2.05) is 0 Å². The molecule has 0 radical (unpaired) electrons. The first-order valence-electron chi connectivity index (χ1n) is 14.3. The number of nitrogens with zero attached hydrogens (tertiary/aromatic N) is 4. The molecular formula is C32H31F2N5O5. The van der Waals surface area contributed by atoms with E-state index in [2.05, 4.69) is 21.8 Å². The molecule has 1 aliphatic heterocycles. The van der Waals surface area contributed by atoms with Crippen LogP contribution in [0, 0.1) is 17.0 Å². The molecule has 1 unspecified atom stereocenters. The number of ether oxygens (including phenoxy) is 3. The van der Waals surface area contributed by atoms with Crippen LogP contribution in [0.5, 0.6) is 17.4 Å². The lowest BCUT2D eigenvalue weighted by Crippen LogP contribution is -2.44. The zero-order valence-electron chi connectivity index (χ0n) is 24.0. The Morgan fingerprint density at radius 1 is 1.02 bits per heavy atom. The van der Waals surface area contributed by atoms with Gasteiger partial charge in [0.05, 0.1) is 29.8 Å². The van der Waals surface area contributed by atoms with Crippen LogP contribution in [0.2, 0.25) is 0 Å². The summed E-state index contributed by atoms with van der Waals surface area (Å²) in [6.45, 7) is 5.65. The minimum absolute atomic E-state index is 0.108. The van der Waals surface area contributed by atoms with Crippen molar-refractivity contribution in [3.63, 3.8) is 0 Å². The van der Waals surface area contributed by atoms with E-state index >= 15 is 4.39 Å². The highest BCUT2D eigenvalue weighted by molar-refractivity contribution is 6.16. The van der Waals surface area contributed by atoms with Crippen molar-refractivity contribution >= 4 is 34.1 Å². The number of halogens is 2. The Hall–Kier alpha value is -4.68. The lowest BCUT2D eigenvalue weighted by molar-refractivity contribution is -0.133. The molecule has 2 aliphatic rings. The van der Waals surface area contributed by atoms with Gasteiger partial charge in [-0.2, -0.15) is 0 Å². The van der Waals surface area contributed by atoms with Gasteiger partial charge in [-0.05, 0) is 62.2 Å². The highest BCUT2D eigenvalue weighted by atomic mass is 19.1. The van der Waals surface area contributed by atoms with Crippen LogP contribution in [0.3, 0.4) is 0 Å². The second-order valence-corrected chi connectivity index (χ2v) is 10.9. The Morgan fingerprint density at radius 3 is 2.43 bits per heavy atom. The van der Waals surface area contributed by atoms with E-state index in [-0.39, 0.29) is 36.0 Å². The van der Waals surface area contributed by atoms with Gasteiger partial charge in [0, 0.05) is 49.3 Å². The smallest absolute Gasteiger partial charge is 0.247 e. The Morgan fingerprint density at radius 2 is 1.75 bits per heavy atom. The zero-order chi connectivity index (χ0) is 30.8. The van der Waals surface area contributed by atoms with Gasteiger partial charge < -0.3 is 19.9 Å². The summed E-state index contributed by atoms with van der Waals surface area (Å²) in [6.07, 6.45) is 3.67. The van der Waals surface area contributed by atoms with E-state index < -0.39 is 28.9 Å². The third-order valence-electron chi connectivity index (χ3n) is 8.02. The van der Waals surface area contributed by atoms with Crippen LogP contribution >= 0.6 is 0 Å². The van der Waals surface area contributed by atoms with Gasteiger partial charge in [0.15, 0.2) is 11.6 Å². The lowest BCUT2D eigenvalue weighted by Gasteiger charge is -2.31. The van der Waals surface area contributed by atoms with Crippen molar-refractivity contribution in [1.29, 1.82) is 0 Å². The number of carbonyl (C=O) groups is 2. The van der Waals surface area contributed by atoms with E-state index in [9.17, 15) is 14.0 Å². The number of primary amides is 1. The van der Waals surface area contributed by atoms with Crippen LogP contribution in [-0.4, -0.2) is 65.6 Å². The number of carbonyl (C=O) groups excluding carboxylic acids is 2. The lowest BCUT2D eigenvalue weighted by atomic mass is 10.0. The summed E-state index contributed by atoms with van der Waals surface area (Å²) in [4.78, 5) is 37.9. The number of morpholine rings is 1. The summed E-state index contributed by atoms with van der Waals surface area (Å²) in [7, 11) is 0. The largest absolute Gasteiger partial charge is 0.476 e. The summed E-state index contributed by atoms with van der Waals surface area (Å²) in [5.74, 6) is -2.01. The summed E-state index contributed by atoms with van der Waals surface area (Å²) in [5, 5.41) is 0.546. The van der Waals surface area contributed by atoms with Gasteiger partial charge in [0.2, 0.25) is 17.7 Å². The van der Waals surface area contributed by atoms with Crippen LogP contribution in [0.4, 0.5) is 20.2 Å². The quantitative estimate of drug-likeness (QED) is 0.259. The SMILES string of the molecule is CC(COc1cc2nccc(Oc3ccc(N(C(=O)C4(C(N)=O)CC4)c4ccc(F)cc4)cc3F)c2cn1)N1CCOCC1. The number of pyridine rings is 2. The maximum absolute atomic E-state index is 15.5. The zero-order valence-corrected chi connectivity index (χ0v) is 24.0. The minimum Gasteiger partial charge on any atom is -0.476 e. The maximum atomic E-state index is 15.5. The third kappa shape index (κ3) is 5.90. The highest BCUT2D eigenvalue weighted by Gasteiger charge is 2.57. The topological polar surface area (TPSA) is 120 Å². The van der Waals surface area contributed by atoms with Crippen molar-refractivity contribution in [3.8, 4) is 17.4 Å². The van der Waals surface area contributed by atoms with Gasteiger partial charge in [0.1, 0.15) is 23.6 Å². The van der Waals surface area contributed by atoms with Gasteiger partial charge in [-0.3, -0.25) is 24.4 Å². The maximum Gasteiger partial charge on any atom is 0.247 e. The molecule has 0 spiro atoms. The number of fused-ring (bicyclic) bond motifs is 1. The molecule has 2 aromatic carbocycles. The normalized spacial score (nSPS) is 16.7. The standard InChI is InChI=1S/C32H31F2N5O5/c1-20(38-12-14-42-15-13-38)19-43-29-17-26-24(18-37-29)27(8-11-36-26)44-28-7-6-23(16-25(28)34)39(22-4-2-21(33)3-5-22)31(41)32(9-10-32)30(35)40/h2-8,11,16-18,20H,9-10,12-15,19H2,1H3,(H2,35,40). The van der Waals surface area contributed by atoms with Crippen LogP contribution in [0.25, 0.3) is 10.9 Å². The van der Waals surface area contributed by atoms with E-state index in [1.165, 1.54) is 47.5 Å². The van der Waals surface area contributed by atoms with Gasteiger partial charge in [-0.25, -0.2) is 13.8 Å². The van der Waals surface area contributed by atoms with Crippen LogP contribution in [0.15, 0.2) is 67.0 Å². The molecule has 3 heterocycles. The third-order valence-corrected chi connectivity index (χ3v) is 8.02. The monoisotopic (exact) mass is 603 g/mol. The molecule has 10 nitrogen and oxygen atoms in total. The van der Waals surface area contributed by atoms with Crippen molar-refractivity contribution in [2.45, 2.75) is 25.8 Å². The first kappa shape index (κ1) is 29.4. The summed E-state index contributed by atoms with van der Waals surface area (Å²) in [6, 6.07) is 12.6. The van der Waals surface area contributed by atoms with Crippen molar-refractivity contribution in [3.05, 3.63) is 78.6 Å². The van der Waals surface area contributed by atoms with Crippen LogP contribution in [-0.2, 0) is 14.3 Å². The summed E-state index contributed by atoms with van der Waals surface area (Å²) in [5.41, 5.74) is 5.11. The summed E-state index contributed by atoms with van der Waals surface area (Å²) < 4.78 is 46.5. The molecule has 1 saturated heterocycles. The number of benzene rings is 2. The highest BCUT2D eigenvalue weighted by Crippen LogP contribution is 2.49. The first-order valence-corrected chi connectivity index (χ1v) is 14.3. The molecule has 6 rings (SSSR count). The average molecular weight is 604 g/mol. The van der Waals surface area contributed by atoms with E-state index in [4.69, 9.17) is 19.9 Å². The molecule has 1 saturated carbocycles. The Balaban J connectivity index is 1.22. The molecule has 2 fully saturated rings. The molecule has 1 atom stereocenters. The molecule has 2 N–H and O–H groups in total. The fraction of sp³-hybridized carbons (Fsp3) is 0.312. The fourth-order valence-electron chi connectivity index (χ4n) is 5.20. The van der Waals surface area contributed by atoms with Crippen LogP contribution < -0.4 is 20.1 Å². The number of aromatic nitrogens is 2. The molecule has 44 heavy (non-hydrogen) atoms. The number of anilines is 2. The van der Waals surface area contributed by atoms with Gasteiger partial charge in [0.25, 0.3) is 0 Å². The molecule has 2 aromatic heterocycles. The van der Waals surface area contributed by atoms with Crippen molar-refractivity contribution in [1.82, 2.24) is 14.9 Å². The van der Waals surface area contributed by atoms with Crippen molar-refractivity contribution in [2.24, 2.45) is 11.1 Å². The second-order valence-electron chi connectivity index (χ2n) is 10.9. The fourth-order valence-corrected chi connectivity index (χ4v) is 5.20. The van der Waals surface area contributed by atoms with Crippen LogP contribution in [0.1, 0.15) is 19.8 Å². The van der Waals surface area contributed by atoms with Crippen molar-refractivity contribution < 1.29 is 32.6 Å². The molecule has 12 heteroatoms. The van der Waals surface area contributed by atoms with E-state index in [1.54, 1.807) is 18.3 Å². The van der Waals surface area contributed by atoms with Gasteiger partial charge in [-0.15, -0.1) is 0 Å². The second kappa shape index (κ2) is 12.1. The molecule has 2 amide bonds. The summed E-state index contributed by atoms with van der Waals surface area (Å²) >= 11 is 0. The molecule has 1 aliphatic carbocycles. The Bertz CT molecular complexity index is 1690. The number of amides is 2. The average Bonchev–Trinajstić information content (AvgIpc) is 3.85. The number of hydrogen-bond donors (Lipinski definition) is 1. The van der Waals surface area contributed by atoms with E-state index in [0.717, 1.165) is 19.2 Å². The minimum atomic E-state index is -1.38.